The molecule has 21 heavy (non-hydrogen) atoms. The van der Waals surface area contributed by atoms with Gasteiger partial charge in [-0.2, -0.15) is 0 Å². The molecule has 0 radical (unpaired) electrons. The van der Waals surface area contributed by atoms with E-state index in [4.69, 9.17) is 4.74 Å². The van der Waals surface area contributed by atoms with Crippen molar-refractivity contribution >= 4 is 53.5 Å². The minimum atomic E-state index is -0.422. The summed E-state index contributed by atoms with van der Waals surface area (Å²) < 4.78 is 7.02. The Bertz CT molecular complexity index is 677. The molecule has 0 fully saturated rings. The molecule has 0 N–H and O–H groups in total. The molecule has 0 aromatic heterocycles. The number of rotatable bonds is 5. The molecular formula is C14H10Br3NO3. The predicted octanol–water partition coefficient (Wildman–Crippen LogP) is 5.59. The lowest BCUT2D eigenvalue weighted by Crippen LogP contribution is -1.99. The van der Waals surface area contributed by atoms with Crippen LogP contribution in [0.5, 0.6) is 5.75 Å². The van der Waals surface area contributed by atoms with E-state index in [0.29, 0.717) is 10.2 Å². The zero-order chi connectivity index (χ0) is 15.4. The van der Waals surface area contributed by atoms with E-state index < -0.39 is 4.92 Å². The first-order chi connectivity index (χ1) is 10.0. The van der Waals surface area contributed by atoms with Crippen LogP contribution in [0.4, 0.5) is 5.69 Å². The number of hydrogen-bond donors (Lipinski definition) is 0. The number of ether oxygens (including phenoxy) is 1. The normalized spacial score (nSPS) is 10.4. The predicted molar refractivity (Wildman–Crippen MR) is 91.9 cm³/mol. The molecule has 0 aliphatic carbocycles. The molecule has 0 heterocycles. The second kappa shape index (κ2) is 7.38. The third-order valence-corrected chi connectivity index (χ3v) is 4.97. The molecule has 0 unspecified atom stereocenters. The Morgan fingerprint density at radius 2 is 1.95 bits per heavy atom. The van der Waals surface area contributed by atoms with Gasteiger partial charge in [-0.25, -0.2) is 0 Å². The molecule has 0 bridgehead atoms. The number of halogens is 3. The van der Waals surface area contributed by atoms with Crippen LogP contribution in [0.15, 0.2) is 45.3 Å². The molecule has 0 spiro atoms. The largest absolute Gasteiger partial charge is 0.488 e. The maximum Gasteiger partial charge on any atom is 0.283 e. The third-order valence-electron chi connectivity index (χ3n) is 2.79. The first-order valence-corrected chi connectivity index (χ1v) is 8.62. The van der Waals surface area contributed by atoms with Gasteiger partial charge >= 0.3 is 0 Å². The van der Waals surface area contributed by atoms with Gasteiger partial charge < -0.3 is 4.74 Å². The molecular weight excluding hydrogens is 470 g/mol. The Balaban J connectivity index is 2.17. The van der Waals surface area contributed by atoms with Crippen molar-refractivity contribution in [2.45, 2.75) is 11.9 Å². The number of alkyl halides is 1. The van der Waals surface area contributed by atoms with Gasteiger partial charge in [-0.3, -0.25) is 10.1 Å². The van der Waals surface area contributed by atoms with Gasteiger partial charge in [0.25, 0.3) is 5.69 Å². The Morgan fingerprint density at radius 3 is 2.57 bits per heavy atom. The fourth-order valence-electron chi connectivity index (χ4n) is 1.72. The molecule has 0 amide bonds. The maximum atomic E-state index is 10.9. The standard InChI is InChI=1S/C14H10Br3NO3/c15-7-9-4-5-13(11(16)6-9)21-8-10-2-1-3-12(14(10)17)18(19)20/h1-6H,7-8H2. The summed E-state index contributed by atoms with van der Waals surface area (Å²) in [5.74, 6) is 0.693. The van der Waals surface area contributed by atoms with Crippen molar-refractivity contribution in [2.75, 3.05) is 0 Å². The Labute approximate surface area is 147 Å². The highest BCUT2D eigenvalue weighted by Gasteiger charge is 2.15. The van der Waals surface area contributed by atoms with E-state index in [1.54, 1.807) is 12.1 Å². The lowest BCUT2D eigenvalue weighted by molar-refractivity contribution is -0.385. The smallest absolute Gasteiger partial charge is 0.283 e. The summed E-state index contributed by atoms with van der Waals surface area (Å²) >= 11 is 10.1. The van der Waals surface area contributed by atoms with Crippen LogP contribution in [0.3, 0.4) is 0 Å². The van der Waals surface area contributed by atoms with E-state index in [9.17, 15) is 10.1 Å². The average molecular weight is 480 g/mol. The second-order valence-electron chi connectivity index (χ2n) is 4.19. The first-order valence-electron chi connectivity index (χ1n) is 5.92. The zero-order valence-corrected chi connectivity index (χ0v) is 15.4. The maximum absolute atomic E-state index is 10.9. The molecule has 2 aromatic carbocycles. The van der Waals surface area contributed by atoms with Crippen molar-refractivity contribution in [1.82, 2.24) is 0 Å². The van der Waals surface area contributed by atoms with E-state index in [1.165, 1.54) is 6.07 Å². The van der Waals surface area contributed by atoms with Crippen LogP contribution >= 0.6 is 47.8 Å². The van der Waals surface area contributed by atoms with E-state index in [-0.39, 0.29) is 12.3 Å². The number of hydrogen-bond acceptors (Lipinski definition) is 3. The lowest BCUT2D eigenvalue weighted by atomic mass is 10.2. The van der Waals surface area contributed by atoms with Crippen LogP contribution in [0, 0.1) is 10.1 Å². The molecule has 4 nitrogen and oxygen atoms in total. The van der Waals surface area contributed by atoms with Crippen LogP contribution in [0.25, 0.3) is 0 Å². The quantitative estimate of drug-likeness (QED) is 0.319. The molecule has 7 heteroatoms. The molecule has 2 rings (SSSR count). The monoisotopic (exact) mass is 477 g/mol. The Hall–Kier alpha value is -0.920. The van der Waals surface area contributed by atoms with Crippen LogP contribution < -0.4 is 4.74 Å². The topological polar surface area (TPSA) is 52.4 Å². The number of nitro groups is 1. The van der Waals surface area contributed by atoms with Gasteiger partial charge in [0.05, 0.1) is 9.40 Å². The minimum Gasteiger partial charge on any atom is -0.488 e. The molecule has 110 valence electrons. The van der Waals surface area contributed by atoms with Crippen LogP contribution in [0.2, 0.25) is 0 Å². The van der Waals surface area contributed by atoms with Crippen molar-refractivity contribution < 1.29 is 9.66 Å². The van der Waals surface area contributed by atoms with Crippen molar-refractivity contribution in [1.29, 1.82) is 0 Å². The van der Waals surface area contributed by atoms with Gasteiger partial charge in [0, 0.05) is 17.0 Å². The zero-order valence-electron chi connectivity index (χ0n) is 10.7. The van der Waals surface area contributed by atoms with Crippen LogP contribution in [-0.2, 0) is 11.9 Å². The van der Waals surface area contributed by atoms with Gasteiger partial charge in [-0.15, -0.1) is 0 Å². The first kappa shape index (κ1) is 16.5. The van der Waals surface area contributed by atoms with Crippen LogP contribution in [0.1, 0.15) is 11.1 Å². The van der Waals surface area contributed by atoms with E-state index in [0.717, 1.165) is 20.9 Å². The molecule has 2 aromatic rings. The molecule has 0 saturated carbocycles. The van der Waals surface area contributed by atoms with Crippen molar-refractivity contribution in [3.63, 3.8) is 0 Å². The van der Waals surface area contributed by atoms with Gasteiger partial charge in [-0.05, 0) is 49.6 Å². The van der Waals surface area contributed by atoms with Crippen molar-refractivity contribution in [3.8, 4) is 5.75 Å². The Morgan fingerprint density at radius 1 is 1.19 bits per heavy atom. The van der Waals surface area contributed by atoms with E-state index >= 15 is 0 Å². The highest BCUT2D eigenvalue weighted by atomic mass is 79.9. The molecule has 0 aliphatic heterocycles. The third kappa shape index (κ3) is 4.05. The van der Waals surface area contributed by atoms with Gasteiger partial charge in [-0.1, -0.05) is 34.1 Å². The summed E-state index contributed by atoms with van der Waals surface area (Å²) in [6, 6.07) is 10.7. The van der Waals surface area contributed by atoms with Crippen molar-refractivity contribution in [2.24, 2.45) is 0 Å². The summed E-state index contributed by atoms with van der Waals surface area (Å²) in [5.41, 5.74) is 1.89. The number of nitrogens with zero attached hydrogens (tertiary/aromatic N) is 1. The highest BCUT2D eigenvalue weighted by Crippen LogP contribution is 2.31. The van der Waals surface area contributed by atoms with Gasteiger partial charge in [0.1, 0.15) is 16.8 Å². The SMILES string of the molecule is O=[N+]([O-])c1cccc(COc2ccc(CBr)cc2Br)c1Br. The van der Waals surface area contributed by atoms with Gasteiger partial charge in [0.15, 0.2) is 0 Å². The molecule has 0 atom stereocenters. The van der Waals surface area contributed by atoms with Crippen molar-refractivity contribution in [3.05, 3.63) is 66.6 Å². The number of nitro benzene ring substituents is 1. The minimum absolute atomic E-state index is 0.0322. The number of benzene rings is 2. The summed E-state index contributed by atoms with van der Waals surface area (Å²) in [4.78, 5) is 10.5. The molecule has 0 saturated heterocycles. The average Bonchev–Trinajstić information content (AvgIpc) is 2.46. The summed E-state index contributed by atoms with van der Waals surface area (Å²) in [7, 11) is 0. The summed E-state index contributed by atoms with van der Waals surface area (Å²) in [6.07, 6.45) is 0. The fourth-order valence-corrected chi connectivity index (χ4v) is 3.13. The lowest BCUT2D eigenvalue weighted by Gasteiger charge is -2.10. The highest BCUT2D eigenvalue weighted by molar-refractivity contribution is 9.11. The fraction of sp³-hybridized carbons (Fsp3) is 0.143. The Kier molecular flexibility index (Phi) is 5.78. The van der Waals surface area contributed by atoms with Crippen LogP contribution in [-0.4, -0.2) is 4.92 Å². The van der Waals surface area contributed by atoms with E-state index in [2.05, 4.69) is 47.8 Å². The summed E-state index contributed by atoms with van der Waals surface area (Å²) in [5, 5.41) is 11.7. The molecule has 0 aliphatic rings. The van der Waals surface area contributed by atoms with Gasteiger partial charge in [0.2, 0.25) is 0 Å². The second-order valence-corrected chi connectivity index (χ2v) is 6.40. The summed E-state index contributed by atoms with van der Waals surface area (Å²) in [6.45, 7) is 0.245. The van der Waals surface area contributed by atoms with E-state index in [1.807, 2.05) is 18.2 Å².